The van der Waals surface area contributed by atoms with Gasteiger partial charge in [-0.3, -0.25) is 0 Å². The topological polar surface area (TPSA) is 69.2 Å². The van der Waals surface area contributed by atoms with Gasteiger partial charge in [-0.2, -0.15) is 0 Å². The molecule has 0 heterocycles. The van der Waals surface area contributed by atoms with Gasteiger partial charge in [-0.15, -0.1) is 0 Å². The van der Waals surface area contributed by atoms with E-state index < -0.39 is 8.60 Å². The summed E-state index contributed by atoms with van der Waals surface area (Å²) in [5.74, 6) is 0. The summed E-state index contributed by atoms with van der Waals surface area (Å²) in [6, 6.07) is 0. The molecule has 0 amide bonds. The molecule has 0 rings (SSSR count). The summed E-state index contributed by atoms with van der Waals surface area (Å²) in [6.07, 6.45) is 0. The van der Waals surface area contributed by atoms with E-state index >= 15 is 0 Å². The fraction of sp³-hybridized carbons (Fsp3) is 1.00. The Morgan fingerprint density at radius 2 is 0.643 bits per heavy atom. The molecule has 90 valence electrons. The molecule has 0 aliphatic heterocycles. The number of hydrogen-bond acceptors (Lipinski definition) is 3. The van der Waals surface area contributed by atoms with E-state index in [0.29, 0.717) is 0 Å². The Morgan fingerprint density at radius 1 is 0.643 bits per heavy atom. The van der Waals surface area contributed by atoms with Crippen LogP contribution < -0.4 is 14.7 Å². The van der Waals surface area contributed by atoms with Crippen molar-refractivity contribution in [3.63, 3.8) is 0 Å². The van der Waals surface area contributed by atoms with Gasteiger partial charge in [0.1, 0.15) is 0 Å². The molecule has 0 aromatic carbocycles. The van der Waals surface area contributed by atoms with E-state index in [9.17, 15) is 0 Å². The molecule has 0 N–H and O–H groups in total. The molecule has 0 spiro atoms. The van der Waals surface area contributed by atoms with E-state index in [-0.39, 0.29) is 16.0 Å². The van der Waals surface area contributed by atoms with Gasteiger partial charge in [-0.1, -0.05) is 0 Å². The number of hydrogen-bond donors (Lipinski definition) is 0. The molecule has 6 heteroatoms. The van der Waals surface area contributed by atoms with Crippen LogP contribution >= 0.6 is 23.1 Å². The molecule has 0 bridgehead atoms. The van der Waals surface area contributed by atoms with Crippen LogP contribution in [0.15, 0.2) is 0 Å². The molecule has 0 saturated carbocycles. The molecule has 0 aromatic rings. The van der Waals surface area contributed by atoms with E-state index in [1.165, 1.54) is 0 Å². The molecule has 0 aromatic heterocycles. The lowest BCUT2D eigenvalue weighted by molar-refractivity contribution is -0.407. The molecule has 0 unspecified atom stereocenters. The summed E-state index contributed by atoms with van der Waals surface area (Å²) in [5.41, 5.74) is 0. The van der Waals surface area contributed by atoms with Crippen molar-refractivity contribution in [2.45, 2.75) is 0 Å². The van der Waals surface area contributed by atoms with Crippen LogP contribution in [0.4, 0.5) is 0 Å². The molecule has 14 heavy (non-hydrogen) atoms. The van der Waals surface area contributed by atoms with Gasteiger partial charge in [0.05, 0.1) is 0 Å². The van der Waals surface area contributed by atoms with Crippen molar-refractivity contribution in [1.29, 1.82) is 0 Å². The largest absolute Gasteiger partial charge is 1.00 e. The highest BCUT2D eigenvalue weighted by molar-refractivity contribution is 7.73. The second kappa shape index (κ2) is 9.40. The minimum absolute atomic E-state index is 0. The lowest BCUT2D eigenvalue weighted by Crippen LogP contribution is -2.18. The van der Waals surface area contributed by atoms with Crippen LogP contribution in [-0.4, -0.2) is 53.3 Å². The van der Waals surface area contributed by atoms with E-state index in [1.54, 1.807) is 0 Å². The van der Waals surface area contributed by atoms with Crippen LogP contribution in [0.3, 0.4) is 0 Å². The molecular formula is C8H25O3P3. The monoisotopic (exact) mass is 262 g/mol. The summed E-state index contributed by atoms with van der Waals surface area (Å²) >= 11 is 0. The maximum Gasteiger partial charge on any atom is 1.00 e. The van der Waals surface area contributed by atoms with Gasteiger partial charge in [-0.05, 0) is 0 Å². The van der Waals surface area contributed by atoms with Gasteiger partial charge in [0.2, 0.25) is 0 Å². The third-order valence-corrected chi connectivity index (χ3v) is 0. The lowest BCUT2D eigenvalue weighted by Gasteiger charge is -2.39. The zero-order valence-corrected chi connectivity index (χ0v) is 13.2. The van der Waals surface area contributed by atoms with Gasteiger partial charge in [0.15, 0.2) is 0 Å². The Kier molecular flexibility index (Phi) is 13.8. The predicted octanol–water partition coefficient (Wildman–Crippen LogP) is 0.453. The Hall–Kier alpha value is 1.17. The van der Waals surface area contributed by atoms with Crippen LogP contribution in [0.1, 0.15) is 1.43 Å². The van der Waals surface area contributed by atoms with Crippen molar-refractivity contribution >= 4 is 23.1 Å². The summed E-state index contributed by atoms with van der Waals surface area (Å²) in [4.78, 5) is 25.4. The van der Waals surface area contributed by atoms with Crippen LogP contribution in [0.25, 0.3) is 0 Å². The zero-order valence-electron chi connectivity index (χ0n) is 11.6. The normalized spacial score (nSPS) is 11.1. The Morgan fingerprint density at radius 3 is 0.643 bits per heavy atom. The molecule has 0 aliphatic carbocycles. The quantitative estimate of drug-likeness (QED) is 0.595. The fourth-order valence-corrected chi connectivity index (χ4v) is 0. The van der Waals surface area contributed by atoms with E-state index in [2.05, 4.69) is 53.3 Å². The van der Waals surface area contributed by atoms with Gasteiger partial charge in [0.25, 0.3) is 0 Å². The molecule has 3 nitrogen and oxygen atoms in total. The van der Waals surface area contributed by atoms with E-state index in [0.717, 1.165) is 0 Å². The minimum atomic E-state index is -3.37. The second-order valence-corrected chi connectivity index (χ2v) is 16.8. The Bertz CT molecular complexity index is 94.5. The molecule has 0 fully saturated rings. The summed E-state index contributed by atoms with van der Waals surface area (Å²) in [7, 11) is -4.15. The maximum atomic E-state index is 8.48. The Labute approximate surface area is 93.1 Å². The standard InChI is InChI=1S/2C4H12P.O3P/c2*1-5(2,3)4;1-4(2)3/h2*1-4H3;/q2*+1;-3/p+1. The van der Waals surface area contributed by atoms with Crippen LogP contribution in [0.5, 0.6) is 0 Å². The van der Waals surface area contributed by atoms with Crippen LogP contribution in [0, 0.1) is 0 Å². The first-order valence-corrected chi connectivity index (χ1v) is 12.4. The van der Waals surface area contributed by atoms with Gasteiger partial charge < -0.3 is 23.3 Å². The van der Waals surface area contributed by atoms with Gasteiger partial charge >= 0.3 is 1.43 Å². The highest BCUT2D eigenvalue weighted by Crippen LogP contribution is 2.40. The lowest BCUT2D eigenvalue weighted by atomic mass is 11.8. The van der Waals surface area contributed by atoms with Crippen molar-refractivity contribution in [3.8, 4) is 0 Å². The molecule has 0 saturated heterocycles. The SMILES string of the molecule is C[P+](C)(C)C.C[P+](C)(C)C.[H+].[O-]P([O-])[O-]. The third kappa shape index (κ3) is 1420. The highest BCUT2D eigenvalue weighted by Gasteiger charge is 2.03. The third-order valence-electron chi connectivity index (χ3n) is 0. The molecule has 0 aliphatic rings. The number of rotatable bonds is 0. The average Bonchev–Trinajstić information content (AvgIpc) is 1.45. The first kappa shape index (κ1) is 20.6. The predicted molar refractivity (Wildman–Crippen MR) is 69.3 cm³/mol. The summed E-state index contributed by atoms with van der Waals surface area (Å²) < 4.78 is 0. The smallest absolute Gasteiger partial charge is 0.854 e. The Balaban J connectivity index is -0.0000000590. The average molecular weight is 262 g/mol. The van der Waals surface area contributed by atoms with Crippen molar-refractivity contribution in [1.82, 2.24) is 0 Å². The van der Waals surface area contributed by atoms with Crippen molar-refractivity contribution < 1.29 is 16.1 Å². The van der Waals surface area contributed by atoms with Crippen molar-refractivity contribution in [2.75, 3.05) is 53.3 Å². The molecule has 0 atom stereocenters. The minimum Gasteiger partial charge on any atom is -0.854 e. The van der Waals surface area contributed by atoms with Gasteiger partial charge in [-0.25, -0.2) is 0 Å². The zero-order chi connectivity index (χ0) is 12.6. The first-order chi connectivity index (χ1) is 5.73. The van der Waals surface area contributed by atoms with Crippen LogP contribution in [0.2, 0.25) is 0 Å². The van der Waals surface area contributed by atoms with Crippen molar-refractivity contribution in [3.05, 3.63) is 0 Å². The second-order valence-electron chi connectivity index (χ2n) is 5.59. The highest BCUT2D eigenvalue weighted by atomic mass is 31.2. The maximum absolute atomic E-state index is 8.48. The van der Waals surface area contributed by atoms with Gasteiger partial charge in [0, 0.05) is 67.8 Å². The molecular weight excluding hydrogens is 237 g/mol. The van der Waals surface area contributed by atoms with Crippen molar-refractivity contribution in [2.24, 2.45) is 0 Å². The summed E-state index contributed by atoms with van der Waals surface area (Å²) in [5, 5.41) is 0. The van der Waals surface area contributed by atoms with E-state index in [4.69, 9.17) is 14.7 Å². The molecule has 0 radical (unpaired) electrons. The summed E-state index contributed by atoms with van der Waals surface area (Å²) in [6.45, 7) is 18.4. The fourth-order valence-electron chi connectivity index (χ4n) is 0. The van der Waals surface area contributed by atoms with E-state index in [1.807, 2.05) is 0 Å². The van der Waals surface area contributed by atoms with Crippen LogP contribution in [-0.2, 0) is 0 Å². The first-order valence-electron chi connectivity index (χ1n) is 4.13.